The molecule has 0 saturated heterocycles. The fourth-order valence-corrected chi connectivity index (χ4v) is 2.15. The van der Waals surface area contributed by atoms with Crippen LogP contribution < -0.4 is 4.74 Å². The Morgan fingerprint density at radius 3 is 2.38 bits per heavy atom. The Hall–Kier alpha value is -2.59. The van der Waals surface area contributed by atoms with Gasteiger partial charge in [-0.15, -0.1) is 0 Å². The van der Waals surface area contributed by atoms with Gasteiger partial charge in [0.05, 0.1) is 6.61 Å². The van der Waals surface area contributed by atoms with Crippen LogP contribution in [0.15, 0.2) is 54.6 Å². The van der Waals surface area contributed by atoms with Crippen molar-refractivity contribution in [2.45, 2.75) is 20.5 Å². The van der Waals surface area contributed by atoms with Crippen LogP contribution in [0.25, 0.3) is 11.1 Å². The van der Waals surface area contributed by atoms with Crippen molar-refractivity contribution in [3.63, 3.8) is 0 Å². The molecule has 24 heavy (non-hydrogen) atoms. The first kappa shape index (κ1) is 17.8. The average Bonchev–Trinajstić information content (AvgIpc) is 2.60. The van der Waals surface area contributed by atoms with Gasteiger partial charge in [-0.2, -0.15) is 0 Å². The van der Waals surface area contributed by atoms with Gasteiger partial charge in [0.2, 0.25) is 0 Å². The number of esters is 1. The van der Waals surface area contributed by atoms with Crippen LogP contribution in [0.5, 0.6) is 5.75 Å². The Kier molecular flexibility index (Phi) is 6.15. The van der Waals surface area contributed by atoms with Gasteiger partial charge >= 0.3 is 5.97 Å². The fourth-order valence-electron chi connectivity index (χ4n) is 2.15. The Bertz CT molecular complexity index is 717. The van der Waals surface area contributed by atoms with Gasteiger partial charge < -0.3 is 14.6 Å². The molecule has 0 spiro atoms. The number of ether oxygens (including phenoxy) is 2. The second-order valence-electron chi connectivity index (χ2n) is 5.60. The third kappa shape index (κ3) is 4.70. The summed E-state index contributed by atoms with van der Waals surface area (Å²) in [6.07, 6.45) is 0. The van der Waals surface area contributed by atoms with E-state index in [1.807, 2.05) is 49.4 Å². The molecule has 0 aliphatic heterocycles. The molecule has 2 rings (SSSR count). The van der Waals surface area contributed by atoms with Crippen molar-refractivity contribution in [1.82, 2.24) is 0 Å². The molecule has 0 heterocycles. The van der Waals surface area contributed by atoms with Crippen molar-refractivity contribution in [2.75, 3.05) is 13.2 Å². The molecule has 0 bridgehead atoms. The highest BCUT2D eigenvalue weighted by Gasteiger charge is 2.06. The largest absolute Gasteiger partial charge is 0.490 e. The normalized spacial score (nSPS) is 10.3. The molecule has 4 heteroatoms. The van der Waals surface area contributed by atoms with Gasteiger partial charge in [-0.25, -0.2) is 4.79 Å². The summed E-state index contributed by atoms with van der Waals surface area (Å²) in [6, 6.07) is 13.7. The maximum absolute atomic E-state index is 11.3. The Morgan fingerprint density at radius 1 is 1.08 bits per heavy atom. The highest BCUT2D eigenvalue weighted by molar-refractivity contribution is 5.86. The van der Waals surface area contributed by atoms with Crippen molar-refractivity contribution in [3.8, 4) is 16.9 Å². The van der Waals surface area contributed by atoms with Crippen LogP contribution >= 0.6 is 0 Å². The molecule has 0 fully saturated rings. The van der Waals surface area contributed by atoms with E-state index < -0.39 is 5.97 Å². The second-order valence-corrected chi connectivity index (χ2v) is 5.60. The quantitative estimate of drug-likeness (QED) is 0.479. The van der Waals surface area contributed by atoms with Crippen LogP contribution in [0.2, 0.25) is 0 Å². The topological polar surface area (TPSA) is 55.8 Å². The maximum Gasteiger partial charge on any atom is 0.333 e. The molecule has 0 atom stereocenters. The highest BCUT2D eigenvalue weighted by atomic mass is 16.6. The van der Waals surface area contributed by atoms with Crippen molar-refractivity contribution >= 4 is 5.97 Å². The van der Waals surface area contributed by atoms with E-state index in [0.717, 1.165) is 28.0 Å². The van der Waals surface area contributed by atoms with Crippen LogP contribution in [0.1, 0.15) is 18.1 Å². The van der Waals surface area contributed by atoms with Crippen molar-refractivity contribution in [2.24, 2.45) is 0 Å². The SMILES string of the molecule is C=C(C)C(=O)OCCOc1cc(-c2ccc(CO)cc2)ccc1C. The van der Waals surface area contributed by atoms with Crippen LogP contribution in [0, 0.1) is 6.92 Å². The number of benzene rings is 2. The molecule has 4 nitrogen and oxygen atoms in total. The van der Waals surface area contributed by atoms with Gasteiger partial charge in [0.25, 0.3) is 0 Å². The smallest absolute Gasteiger partial charge is 0.333 e. The summed E-state index contributed by atoms with van der Waals surface area (Å²) in [5, 5.41) is 9.11. The van der Waals surface area contributed by atoms with Crippen molar-refractivity contribution in [3.05, 3.63) is 65.7 Å². The fraction of sp³-hybridized carbons (Fsp3) is 0.250. The predicted molar refractivity (Wildman–Crippen MR) is 93.8 cm³/mol. The lowest BCUT2D eigenvalue weighted by molar-refractivity contribution is -0.139. The minimum Gasteiger partial charge on any atom is -0.490 e. The molecule has 1 N–H and O–H groups in total. The Labute approximate surface area is 142 Å². The third-order valence-corrected chi connectivity index (χ3v) is 3.58. The summed E-state index contributed by atoms with van der Waals surface area (Å²) in [4.78, 5) is 11.3. The molecule has 0 aliphatic rings. The number of aryl methyl sites for hydroxylation is 1. The molecule has 0 saturated carbocycles. The Morgan fingerprint density at radius 2 is 1.75 bits per heavy atom. The van der Waals surface area contributed by atoms with E-state index in [0.29, 0.717) is 5.57 Å². The first-order valence-electron chi connectivity index (χ1n) is 7.77. The standard InChI is InChI=1S/C20H22O4/c1-14(2)20(22)24-11-10-23-19-12-18(7-4-15(19)3)17-8-5-16(13-21)6-9-17/h4-9,12,21H,1,10-11,13H2,2-3H3. The van der Waals surface area contributed by atoms with E-state index in [9.17, 15) is 4.79 Å². The van der Waals surface area contributed by atoms with Crippen molar-refractivity contribution < 1.29 is 19.4 Å². The Balaban J connectivity index is 2.02. The molecule has 2 aromatic carbocycles. The predicted octanol–water partition coefficient (Wildman–Crippen LogP) is 3.65. The number of hydrogen-bond acceptors (Lipinski definition) is 4. The van der Waals surface area contributed by atoms with Crippen molar-refractivity contribution in [1.29, 1.82) is 0 Å². The summed E-state index contributed by atoms with van der Waals surface area (Å²) in [6.45, 7) is 7.61. The average molecular weight is 326 g/mol. The molecule has 0 radical (unpaired) electrons. The molecule has 0 aromatic heterocycles. The number of aliphatic hydroxyl groups excluding tert-OH is 1. The highest BCUT2D eigenvalue weighted by Crippen LogP contribution is 2.27. The monoisotopic (exact) mass is 326 g/mol. The lowest BCUT2D eigenvalue weighted by Gasteiger charge is -2.12. The summed E-state index contributed by atoms with van der Waals surface area (Å²) < 4.78 is 10.7. The van der Waals surface area contributed by atoms with E-state index in [1.165, 1.54) is 0 Å². The van der Waals surface area contributed by atoms with E-state index in [1.54, 1.807) is 6.92 Å². The number of rotatable bonds is 7. The van der Waals surface area contributed by atoms with E-state index in [-0.39, 0.29) is 19.8 Å². The molecular formula is C20H22O4. The number of aliphatic hydroxyl groups is 1. The minimum atomic E-state index is -0.409. The van der Waals surface area contributed by atoms with E-state index >= 15 is 0 Å². The number of carbonyl (C=O) groups is 1. The first-order valence-corrected chi connectivity index (χ1v) is 7.77. The number of carbonyl (C=O) groups excluding carboxylic acids is 1. The van der Waals surface area contributed by atoms with Gasteiger partial charge in [0.15, 0.2) is 0 Å². The van der Waals surface area contributed by atoms with Crippen LogP contribution in [-0.2, 0) is 16.1 Å². The summed E-state index contributed by atoms with van der Waals surface area (Å²) >= 11 is 0. The van der Waals surface area contributed by atoms with Crippen LogP contribution in [0.3, 0.4) is 0 Å². The molecule has 0 unspecified atom stereocenters. The minimum absolute atomic E-state index is 0.0332. The third-order valence-electron chi connectivity index (χ3n) is 3.58. The van der Waals surface area contributed by atoms with Crippen LogP contribution in [0.4, 0.5) is 0 Å². The molecule has 0 amide bonds. The lowest BCUT2D eigenvalue weighted by Crippen LogP contribution is -2.12. The molecule has 0 aliphatic carbocycles. The molecule has 126 valence electrons. The van der Waals surface area contributed by atoms with Gasteiger partial charge in [-0.3, -0.25) is 0 Å². The summed E-state index contributed by atoms with van der Waals surface area (Å²) in [7, 11) is 0. The summed E-state index contributed by atoms with van der Waals surface area (Å²) in [5.41, 5.74) is 4.34. The zero-order valence-corrected chi connectivity index (χ0v) is 14.0. The van der Waals surface area contributed by atoms with E-state index in [2.05, 4.69) is 6.58 Å². The zero-order valence-electron chi connectivity index (χ0n) is 14.0. The number of hydrogen-bond donors (Lipinski definition) is 1. The van der Waals surface area contributed by atoms with Gasteiger partial charge in [0, 0.05) is 5.57 Å². The summed E-state index contributed by atoms with van der Waals surface area (Å²) in [5.74, 6) is 0.346. The molecular weight excluding hydrogens is 304 g/mol. The zero-order chi connectivity index (χ0) is 17.5. The van der Waals surface area contributed by atoms with E-state index in [4.69, 9.17) is 14.6 Å². The lowest BCUT2D eigenvalue weighted by atomic mass is 10.0. The second kappa shape index (κ2) is 8.31. The van der Waals surface area contributed by atoms with Gasteiger partial charge in [0.1, 0.15) is 19.0 Å². The first-order chi connectivity index (χ1) is 11.5. The maximum atomic E-state index is 11.3. The van der Waals surface area contributed by atoms with Gasteiger partial charge in [-0.1, -0.05) is 43.0 Å². The van der Waals surface area contributed by atoms with Gasteiger partial charge in [-0.05, 0) is 42.2 Å². The molecule has 2 aromatic rings. The van der Waals surface area contributed by atoms with Crippen LogP contribution in [-0.4, -0.2) is 24.3 Å².